The topological polar surface area (TPSA) is 0 Å². The largest absolute Gasteiger partial charge is 0.263 e. The molecule has 0 fully saturated rings. The Balaban J connectivity index is 2.73. The molecule has 0 saturated heterocycles. The van der Waals surface area contributed by atoms with Crippen LogP contribution in [0.1, 0.15) is 24.0 Å². The molecule has 0 bridgehead atoms. The van der Waals surface area contributed by atoms with Gasteiger partial charge in [-0.3, -0.25) is 0 Å². The van der Waals surface area contributed by atoms with E-state index in [1.807, 2.05) is 18.2 Å². The second kappa shape index (κ2) is 5.91. The third kappa shape index (κ3) is 3.58. The van der Waals surface area contributed by atoms with E-state index in [9.17, 15) is 8.78 Å². The summed E-state index contributed by atoms with van der Waals surface area (Å²) >= 11 is 3.29. The van der Waals surface area contributed by atoms with Crippen LogP contribution in [0.2, 0.25) is 0 Å². The highest BCUT2D eigenvalue weighted by Crippen LogP contribution is 2.19. The lowest BCUT2D eigenvalue weighted by Crippen LogP contribution is -1.83. The van der Waals surface area contributed by atoms with Crippen LogP contribution in [0.3, 0.4) is 0 Å². The minimum absolute atomic E-state index is 0.0750. The zero-order valence-electron chi connectivity index (χ0n) is 7.59. The lowest BCUT2D eigenvalue weighted by molar-refractivity contribution is 0.151. The number of halogens is 3. The molecule has 0 amide bonds. The molecule has 0 radical (unpaired) electrons. The summed E-state index contributed by atoms with van der Waals surface area (Å²) in [6.07, 6.45) is 2.32. The SMILES string of the molecule is FC(F)c1cccc(C=CCCBr)c1. The van der Waals surface area contributed by atoms with Crippen LogP contribution in [-0.2, 0) is 0 Å². The summed E-state index contributed by atoms with van der Waals surface area (Å²) in [6, 6.07) is 6.41. The molecule has 14 heavy (non-hydrogen) atoms. The molecule has 0 nitrogen and oxygen atoms in total. The first-order chi connectivity index (χ1) is 6.74. The van der Waals surface area contributed by atoms with Gasteiger partial charge in [-0.25, -0.2) is 8.78 Å². The second-order valence-corrected chi connectivity index (χ2v) is 3.64. The third-order valence-corrected chi connectivity index (χ3v) is 2.21. The smallest absolute Gasteiger partial charge is 0.205 e. The van der Waals surface area contributed by atoms with Gasteiger partial charge in [0.05, 0.1) is 0 Å². The molecular weight excluding hydrogens is 250 g/mol. The fourth-order valence-electron chi connectivity index (χ4n) is 1.08. The Kier molecular flexibility index (Phi) is 4.80. The first-order valence-electron chi connectivity index (χ1n) is 4.34. The van der Waals surface area contributed by atoms with Crippen molar-refractivity contribution in [3.63, 3.8) is 0 Å². The maximum Gasteiger partial charge on any atom is 0.263 e. The maximum absolute atomic E-state index is 12.3. The van der Waals surface area contributed by atoms with Crippen LogP contribution in [0.5, 0.6) is 0 Å². The molecule has 1 aromatic carbocycles. The number of hydrogen-bond acceptors (Lipinski definition) is 0. The summed E-state index contributed by atoms with van der Waals surface area (Å²) in [7, 11) is 0. The fourth-order valence-corrected chi connectivity index (χ4v) is 1.35. The Hall–Kier alpha value is -0.700. The predicted molar refractivity (Wildman–Crippen MR) is 58.8 cm³/mol. The average molecular weight is 261 g/mol. The number of rotatable bonds is 4. The van der Waals surface area contributed by atoms with Gasteiger partial charge in [-0.05, 0) is 18.1 Å². The standard InChI is InChI=1S/C11H11BrF2/c12-7-2-1-4-9-5-3-6-10(8-9)11(13)14/h1,3-6,8,11H,2,7H2. The van der Waals surface area contributed by atoms with Crippen LogP contribution in [-0.4, -0.2) is 5.33 Å². The van der Waals surface area contributed by atoms with E-state index in [-0.39, 0.29) is 5.56 Å². The molecule has 1 aromatic rings. The summed E-state index contributed by atoms with van der Waals surface area (Å²) in [5, 5.41) is 0.887. The van der Waals surface area contributed by atoms with Crippen LogP contribution >= 0.6 is 15.9 Å². The van der Waals surface area contributed by atoms with E-state index in [1.165, 1.54) is 12.1 Å². The van der Waals surface area contributed by atoms with Crippen LogP contribution in [0.15, 0.2) is 30.3 Å². The van der Waals surface area contributed by atoms with Gasteiger partial charge in [-0.1, -0.05) is 46.3 Å². The zero-order chi connectivity index (χ0) is 10.4. The van der Waals surface area contributed by atoms with Gasteiger partial charge >= 0.3 is 0 Å². The molecule has 3 heteroatoms. The molecule has 1 rings (SSSR count). The predicted octanol–water partition coefficient (Wildman–Crippen LogP) is 4.42. The van der Waals surface area contributed by atoms with Crippen LogP contribution in [0.25, 0.3) is 6.08 Å². The monoisotopic (exact) mass is 260 g/mol. The van der Waals surface area contributed by atoms with E-state index < -0.39 is 6.43 Å². The number of alkyl halides is 3. The van der Waals surface area contributed by atoms with E-state index in [1.54, 1.807) is 6.07 Å². The van der Waals surface area contributed by atoms with E-state index in [4.69, 9.17) is 0 Å². The molecule has 0 spiro atoms. The van der Waals surface area contributed by atoms with Crippen molar-refractivity contribution in [1.82, 2.24) is 0 Å². The molecule has 0 aliphatic carbocycles. The number of allylic oxidation sites excluding steroid dienone is 1. The van der Waals surface area contributed by atoms with Crippen molar-refractivity contribution in [3.8, 4) is 0 Å². The van der Waals surface area contributed by atoms with Gasteiger partial charge in [-0.2, -0.15) is 0 Å². The molecule has 0 aliphatic rings. The van der Waals surface area contributed by atoms with Crippen molar-refractivity contribution in [2.45, 2.75) is 12.8 Å². The van der Waals surface area contributed by atoms with Gasteiger partial charge < -0.3 is 0 Å². The highest BCUT2D eigenvalue weighted by Gasteiger charge is 2.05. The molecule has 0 atom stereocenters. The molecule has 0 aliphatic heterocycles. The second-order valence-electron chi connectivity index (χ2n) is 2.85. The summed E-state index contributed by atoms with van der Waals surface area (Å²) in [5.41, 5.74) is 0.898. The molecular formula is C11H11BrF2. The lowest BCUT2D eigenvalue weighted by Gasteiger charge is -2.00. The third-order valence-electron chi connectivity index (χ3n) is 1.75. The number of hydrogen-bond donors (Lipinski definition) is 0. The summed E-state index contributed by atoms with van der Waals surface area (Å²) < 4.78 is 24.6. The van der Waals surface area contributed by atoms with Gasteiger partial charge in [0.15, 0.2) is 0 Å². The Labute approximate surface area is 90.8 Å². The highest BCUT2D eigenvalue weighted by atomic mass is 79.9. The van der Waals surface area contributed by atoms with Crippen LogP contribution in [0.4, 0.5) is 8.78 Å². The summed E-state index contributed by atoms with van der Waals surface area (Å²) in [6.45, 7) is 0. The van der Waals surface area contributed by atoms with Crippen LogP contribution < -0.4 is 0 Å². The van der Waals surface area contributed by atoms with Crippen molar-refractivity contribution >= 4 is 22.0 Å². The van der Waals surface area contributed by atoms with Gasteiger partial charge in [-0.15, -0.1) is 0 Å². The highest BCUT2D eigenvalue weighted by molar-refractivity contribution is 9.09. The van der Waals surface area contributed by atoms with E-state index in [2.05, 4.69) is 15.9 Å². The Morgan fingerprint density at radius 1 is 1.36 bits per heavy atom. The van der Waals surface area contributed by atoms with Crippen molar-refractivity contribution in [2.24, 2.45) is 0 Å². The lowest BCUT2D eigenvalue weighted by atomic mass is 10.1. The van der Waals surface area contributed by atoms with Gasteiger partial charge in [0.2, 0.25) is 0 Å². The first-order valence-corrected chi connectivity index (χ1v) is 5.47. The Morgan fingerprint density at radius 2 is 2.14 bits per heavy atom. The van der Waals surface area contributed by atoms with Crippen molar-refractivity contribution in [3.05, 3.63) is 41.5 Å². The summed E-state index contributed by atoms with van der Waals surface area (Å²) in [4.78, 5) is 0. The molecule has 0 unspecified atom stereocenters. The van der Waals surface area contributed by atoms with E-state index in [0.29, 0.717) is 0 Å². The van der Waals surface area contributed by atoms with Gasteiger partial charge in [0, 0.05) is 10.9 Å². The van der Waals surface area contributed by atoms with Crippen molar-refractivity contribution < 1.29 is 8.78 Å². The average Bonchev–Trinajstić information content (AvgIpc) is 2.19. The molecule has 0 N–H and O–H groups in total. The normalized spacial score (nSPS) is 11.4. The minimum Gasteiger partial charge on any atom is -0.205 e. The molecule has 0 aromatic heterocycles. The minimum atomic E-state index is -2.39. The van der Waals surface area contributed by atoms with E-state index in [0.717, 1.165) is 17.3 Å². The molecule has 76 valence electrons. The van der Waals surface area contributed by atoms with Crippen LogP contribution in [0, 0.1) is 0 Å². The molecule has 0 heterocycles. The number of benzene rings is 1. The zero-order valence-corrected chi connectivity index (χ0v) is 9.18. The summed E-state index contributed by atoms with van der Waals surface area (Å²) in [5.74, 6) is 0. The maximum atomic E-state index is 12.3. The van der Waals surface area contributed by atoms with E-state index >= 15 is 0 Å². The Morgan fingerprint density at radius 3 is 2.79 bits per heavy atom. The Bertz CT molecular complexity index is 308. The molecule has 0 saturated carbocycles. The van der Waals surface area contributed by atoms with Gasteiger partial charge in [0.1, 0.15) is 0 Å². The fraction of sp³-hybridized carbons (Fsp3) is 0.273. The first kappa shape index (κ1) is 11.4. The van der Waals surface area contributed by atoms with Crippen molar-refractivity contribution in [1.29, 1.82) is 0 Å². The quantitative estimate of drug-likeness (QED) is 0.703. The van der Waals surface area contributed by atoms with Crippen molar-refractivity contribution in [2.75, 3.05) is 5.33 Å². The van der Waals surface area contributed by atoms with Gasteiger partial charge in [0.25, 0.3) is 6.43 Å².